The Balaban J connectivity index is 3.06. The highest BCUT2D eigenvalue weighted by Crippen LogP contribution is 2.00. The number of rotatable bonds is 8. The van der Waals surface area contributed by atoms with Crippen molar-refractivity contribution in [2.24, 2.45) is 0 Å². The molecule has 0 bridgehead atoms. The van der Waals surface area contributed by atoms with Gasteiger partial charge < -0.3 is 10.0 Å². The van der Waals surface area contributed by atoms with Crippen molar-refractivity contribution in [2.45, 2.75) is 39.5 Å². The minimum atomic E-state index is 0.352. The van der Waals surface area contributed by atoms with E-state index >= 15 is 0 Å². The summed E-state index contributed by atoms with van der Waals surface area (Å²) in [6, 6.07) is 0. The van der Waals surface area contributed by atoms with Gasteiger partial charge in [0.1, 0.15) is 0 Å². The molecule has 74 valence electrons. The molecule has 0 fully saturated rings. The van der Waals surface area contributed by atoms with Crippen molar-refractivity contribution in [1.29, 1.82) is 0 Å². The summed E-state index contributed by atoms with van der Waals surface area (Å²) in [6.45, 7) is 8.31. The van der Waals surface area contributed by atoms with E-state index < -0.39 is 0 Å². The lowest BCUT2D eigenvalue weighted by atomic mass is 10.2. The first kappa shape index (κ1) is 11.9. The highest BCUT2D eigenvalue weighted by molar-refractivity contribution is 4.52. The fraction of sp³-hybridized carbons (Fsp3) is 1.00. The molecule has 12 heavy (non-hydrogen) atoms. The van der Waals surface area contributed by atoms with Crippen molar-refractivity contribution in [2.75, 3.05) is 26.2 Å². The van der Waals surface area contributed by atoms with Crippen LogP contribution in [0.3, 0.4) is 0 Å². The molecule has 0 saturated carbocycles. The van der Waals surface area contributed by atoms with Crippen LogP contribution in [-0.2, 0) is 0 Å². The van der Waals surface area contributed by atoms with Gasteiger partial charge in [0.2, 0.25) is 0 Å². The SMILES string of the molecule is CCN(CC)CCCCCCO. The minimum Gasteiger partial charge on any atom is -0.396 e. The van der Waals surface area contributed by atoms with Gasteiger partial charge in [0.05, 0.1) is 0 Å². The molecule has 0 radical (unpaired) electrons. The zero-order valence-corrected chi connectivity index (χ0v) is 8.55. The number of aliphatic hydroxyl groups is 1. The molecular formula is C10H23NO. The molecule has 2 heteroatoms. The second-order valence-corrected chi connectivity index (χ2v) is 3.16. The van der Waals surface area contributed by atoms with E-state index in [-0.39, 0.29) is 0 Å². The van der Waals surface area contributed by atoms with Crippen LogP contribution in [0.4, 0.5) is 0 Å². The molecule has 1 N–H and O–H groups in total. The van der Waals surface area contributed by atoms with Crippen molar-refractivity contribution in [3.63, 3.8) is 0 Å². The van der Waals surface area contributed by atoms with Gasteiger partial charge in [-0.05, 0) is 32.5 Å². The van der Waals surface area contributed by atoms with Crippen LogP contribution >= 0.6 is 0 Å². The first-order valence-electron chi connectivity index (χ1n) is 5.18. The smallest absolute Gasteiger partial charge is 0.0431 e. The summed E-state index contributed by atoms with van der Waals surface area (Å²) >= 11 is 0. The standard InChI is InChI=1S/C10H23NO/c1-3-11(4-2)9-7-5-6-8-10-12/h12H,3-10H2,1-2H3. The predicted octanol–water partition coefficient (Wildman–Crippen LogP) is 1.88. The van der Waals surface area contributed by atoms with E-state index in [4.69, 9.17) is 5.11 Å². The third-order valence-corrected chi connectivity index (χ3v) is 2.28. The van der Waals surface area contributed by atoms with Gasteiger partial charge in [0, 0.05) is 6.61 Å². The van der Waals surface area contributed by atoms with Crippen LogP contribution in [-0.4, -0.2) is 36.2 Å². The van der Waals surface area contributed by atoms with Crippen molar-refractivity contribution in [1.82, 2.24) is 4.90 Å². The molecule has 0 atom stereocenters. The van der Waals surface area contributed by atoms with E-state index in [9.17, 15) is 0 Å². The molecule has 0 aromatic carbocycles. The van der Waals surface area contributed by atoms with Gasteiger partial charge in [-0.2, -0.15) is 0 Å². The van der Waals surface area contributed by atoms with Gasteiger partial charge in [-0.25, -0.2) is 0 Å². The molecule has 0 spiro atoms. The van der Waals surface area contributed by atoms with Gasteiger partial charge in [-0.1, -0.05) is 26.7 Å². The van der Waals surface area contributed by atoms with E-state index in [1.807, 2.05) is 0 Å². The number of nitrogens with zero attached hydrogens (tertiary/aromatic N) is 1. The van der Waals surface area contributed by atoms with Gasteiger partial charge in [0.25, 0.3) is 0 Å². The Morgan fingerprint density at radius 3 is 2.00 bits per heavy atom. The van der Waals surface area contributed by atoms with Crippen molar-refractivity contribution >= 4 is 0 Å². The van der Waals surface area contributed by atoms with Crippen LogP contribution < -0.4 is 0 Å². The summed E-state index contributed by atoms with van der Waals surface area (Å²) in [5, 5.41) is 8.56. The molecule has 2 nitrogen and oxygen atoms in total. The van der Waals surface area contributed by atoms with Crippen molar-refractivity contribution in [3.05, 3.63) is 0 Å². The van der Waals surface area contributed by atoms with Crippen LogP contribution in [0.15, 0.2) is 0 Å². The Kier molecular flexibility index (Phi) is 8.95. The maximum absolute atomic E-state index is 8.56. The molecule has 0 aliphatic rings. The second kappa shape index (κ2) is 9.01. The van der Waals surface area contributed by atoms with Crippen LogP contribution in [0, 0.1) is 0 Å². The van der Waals surface area contributed by atoms with Crippen LogP contribution in [0.1, 0.15) is 39.5 Å². The molecule has 0 aromatic heterocycles. The second-order valence-electron chi connectivity index (χ2n) is 3.16. The normalized spacial score (nSPS) is 11.0. The fourth-order valence-electron chi connectivity index (χ4n) is 1.34. The Labute approximate surface area is 76.6 Å². The third kappa shape index (κ3) is 6.62. The Morgan fingerprint density at radius 2 is 1.50 bits per heavy atom. The summed E-state index contributed by atoms with van der Waals surface area (Å²) in [7, 11) is 0. The molecule has 0 aliphatic heterocycles. The molecule has 0 saturated heterocycles. The molecule has 0 amide bonds. The van der Waals surface area contributed by atoms with E-state index in [1.54, 1.807) is 0 Å². The molecule has 0 heterocycles. The Hall–Kier alpha value is -0.0800. The largest absolute Gasteiger partial charge is 0.396 e. The highest BCUT2D eigenvalue weighted by Gasteiger charge is 1.97. The molecule has 0 aromatic rings. The van der Waals surface area contributed by atoms with Gasteiger partial charge in [0.15, 0.2) is 0 Å². The zero-order valence-electron chi connectivity index (χ0n) is 8.55. The van der Waals surface area contributed by atoms with Crippen molar-refractivity contribution in [3.8, 4) is 0 Å². The van der Waals surface area contributed by atoms with Crippen LogP contribution in [0.2, 0.25) is 0 Å². The van der Waals surface area contributed by atoms with E-state index in [2.05, 4.69) is 18.7 Å². The van der Waals surface area contributed by atoms with E-state index in [1.165, 1.54) is 25.8 Å². The summed E-state index contributed by atoms with van der Waals surface area (Å²) in [6.07, 6.45) is 4.69. The summed E-state index contributed by atoms with van der Waals surface area (Å²) in [4.78, 5) is 2.44. The lowest BCUT2D eigenvalue weighted by molar-refractivity contribution is 0.273. The summed E-state index contributed by atoms with van der Waals surface area (Å²) in [5.74, 6) is 0. The fourth-order valence-corrected chi connectivity index (χ4v) is 1.34. The molecular weight excluding hydrogens is 150 g/mol. The van der Waals surface area contributed by atoms with Gasteiger partial charge in [-0.3, -0.25) is 0 Å². The van der Waals surface area contributed by atoms with Crippen LogP contribution in [0.5, 0.6) is 0 Å². The lowest BCUT2D eigenvalue weighted by Crippen LogP contribution is -2.23. The molecule has 0 unspecified atom stereocenters. The molecule has 0 rings (SSSR count). The summed E-state index contributed by atoms with van der Waals surface area (Å²) < 4.78 is 0. The average molecular weight is 173 g/mol. The van der Waals surface area contributed by atoms with E-state index in [0.717, 1.165) is 19.5 Å². The van der Waals surface area contributed by atoms with Gasteiger partial charge >= 0.3 is 0 Å². The third-order valence-electron chi connectivity index (χ3n) is 2.28. The minimum absolute atomic E-state index is 0.352. The maximum Gasteiger partial charge on any atom is 0.0431 e. The first-order valence-corrected chi connectivity index (χ1v) is 5.18. The predicted molar refractivity (Wildman–Crippen MR) is 53.3 cm³/mol. The van der Waals surface area contributed by atoms with Crippen LogP contribution in [0.25, 0.3) is 0 Å². The monoisotopic (exact) mass is 173 g/mol. The quantitative estimate of drug-likeness (QED) is 0.566. The maximum atomic E-state index is 8.56. The number of aliphatic hydroxyl groups excluding tert-OH is 1. The lowest BCUT2D eigenvalue weighted by Gasteiger charge is -2.17. The van der Waals surface area contributed by atoms with E-state index in [0.29, 0.717) is 6.61 Å². The Bertz CT molecular complexity index is 81.9. The number of unbranched alkanes of at least 4 members (excludes halogenated alkanes) is 3. The van der Waals surface area contributed by atoms with Gasteiger partial charge in [-0.15, -0.1) is 0 Å². The zero-order chi connectivity index (χ0) is 9.23. The summed E-state index contributed by atoms with van der Waals surface area (Å²) in [5.41, 5.74) is 0. The first-order chi connectivity index (χ1) is 5.85. The Morgan fingerprint density at radius 1 is 0.917 bits per heavy atom. The average Bonchev–Trinajstić information content (AvgIpc) is 2.11. The van der Waals surface area contributed by atoms with Crippen molar-refractivity contribution < 1.29 is 5.11 Å². The number of hydrogen-bond donors (Lipinski definition) is 1. The topological polar surface area (TPSA) is 23.5 Å². The highest BCUT2D eigenvalue weighted by atomic mass is 16.2. The molecule has 0 aliphatic carbocycles. The number of hydrogen-bond acceptors (Lipinski definition) is 2.